The number of carbonyl (C=O) groups is 1. The van der Waals surface area contributed by atoms with Crippen molar-refractivity contribution in [2.45, 2.75) is 0 Å². The van der Waals surface area contributed by atoms with Crippen LogP contribution in [0, 0.1) is 0 Å². The van der Waals surface area contributed by atoms with Crippen LogP contribution >= 0.6 is 0 Å². The van der Waals surface area contributed by atoms with Gasteiger partial charge in [-0.25, -0.2) is 0 Å². The number of hydrogen-bond donors (Lipinski definition) is 1. The molecule has 1 rings (SSSR count). The molecule has 0 radical (unpaired) electrons. The Morgan fingerprint density at radius 2 is 1.85 bits per heavy atom. The van der Waals surface area contributed by atoms with Crippen molar-refractivity contribution in [2.75, 3.05) is 24.3 Å². The van der Waals surface area contributed by atoms with Crippen molar-refractivity contribution in [1.29, 1.82) is 0 Å². The Kier molecular flexibility index (Phi) is 3.08. The second-order valence-corrected chi connectivity index (χ2v) is 3.22. The second-order valence-electron chi connectivity index (χ2n) is 2.85. The summed E-state index contributed by atoms with van der Waals surface area (Å²) < 4.78 is 0. The van der Waals surface area contributed by atoms with Crippen molar-refractivity contribution < 1.29 is 4.79 Å². The van der Waals surface area contributed by atoms with Gasteiger partial charge in [0.25, 0.3) is 0 Å². The van der Waals surface area contributed by atoms with E-state index in [1.807, 2.05) is 43.3 Å². The molecule has 0 aliphatic rings. The third-order valence-electron chi connectivity index (χ3n) is 1.63. The Hall–Kier alpha value is -1.29. The Morgan fingerprint density at radius 1 is 1.31 bits per heavy atom. The van der Waals surface area contributed by atoms with Gasteiger partial charge in [0.2, 0.25) is 0 Å². The topological polar surface area (TPSA) is 32.3 Å². The van der Waals surface area contributed by atoms with Crippen molar-refractivity contribution in [2.24, 2.45) is 0 Å². The predicted molar refractivity (Wildman–Crippen MR) is 57.2 cm³/mol. The van der Waals surface area contributed by atoms with Gasteiger partial charge >= 0.3 is 0 Å². The van der Waals surface area contributed by atoms with E-state index in [4.69, 9.17) is 0 Å². The van der Waals surface area contributed by atoms with Gasteiger partial charge in [-0.1, -0.05) is 0 Å². The van der Waals surface area contributed by atoms with E-state index in [0.29, 0.717) is 0 Å². The lowest BCUT2D eigenvalue weighted by atomic mass is 10.3. The van der Waals surface area contributed by atoms with Crippen molar-refractivity contribution in [3.8, 4) is 0 Å². The highest BCUT2D eigenvalue weighted by Crippen LogP contribution is 2.15. The molecule has 0 saturated heterocycles. The van der Waals surface area contributed by atoms with E-state index in [2.05, 4.69) is 17.9 Å². The van der Waals surface area contributed by atoms with Crippen molar-refractivity contribution in [3.63, 3.8) is 0 Å². The van der Waals surface area contributed by atoms with Crippen LogP contribution in [0.2, 0.25) is 0 Å². The first-order valence-electron chi connectivity index (χ1n) is 3.85. The summed E-state index contributed by atoms with van der Waals surface area (Å²) in [5.74, 6) is 0. The number of benzene rings is 1. The molecule has 0 unspecified atom stereocenters. The van der Waals surface area contributed by atoms with E-state index in [0.717, 1.165) is 11.4 Å². The van der Waals surface area contributed by atoms with Gasteiger partial charge in [0.1, 0.15) is 5.24 Å². The van der Waals surface area contributed by atoms with Crippen LogP contribution in [0.3, 0.4) is 0 Å². The van der Waals surface area contributed by atoms with Gasteiger partial charge < -0.3 is 27.6 Å². The average Bonchev–Trinajstić information content (AvgIpc) is 2.04. The van der Waals surface area contributed by atoms with Gasteiger partial charge in [-0.2, -0.15) is 0 Å². The molecule has 0 aliphatic heterocycles. The van der Waals surface area contributed by atoms with E-state index in [1.165, 1.54) is 0 Å². The summed E-state index contributed by atoms with van der Waals surface area (Å²) in [6.45, 7) is 0. The molecule has 0 fully saturated rings. The molecule has 1 aromatic rings. The lowest BCUT2D eigenvalue weighted by Gasteiger charge is -2.13. The molecule has 70 valence electrons. The fourth-order valence-corrected chi connectivity index (χ4v) is 1.08. The minimum absolute atomic E-state index is 0.461. The molecule has 0 spiro atoms. The van der Waals surface area contributed by atoms with Crippen molar-refractivity contribution >= 4 is 29.2 Å². The van der Waals surface area contributed by atoms with Crippen molar-refractivity contribution in [1.82, 2.24) is 0 Å². The first-order chi connectivity index (χ1) is 6.09. The maximum absolute atomic E-state index is 10.5. The molecule has 0 saturated carbocycles. The summed E-state index contributed by atoms with van der Waals surface area (Å²) >= 11 is 4.38. The number of anilines is 2. The molecule has 4 heteroatoms. The summed E-state index contributed by atoms with van der Waals surface area (Å²) in [4.78, 5) is 12.5. The number of nitrogens with zero attached hydrogens (tertiary/aromatic N) is 1. The second kappa shape index (κ2) is 4.09. The largest absolute Gasteiger partial charge is 0.719 e. The van der Waals surface area contributed by atoms with E-state index in [9.17, 15) is 4.79 Å². The smallest absolute Gasteiger partial charge is 0.102 e. The number of amides is 1. The molecular weight excluding hydrogens is 184 g/mol. The molecule has 13 heavy (non-hydrogen) atoms. The van der Waals surface area contributed by atoms with Crippen LogP contribution < -0.4 is 10.2 Å². The highest BCUT2D eigenvalue weighted by Gasteiger charge is 1.94. The average molecular weight is 195 g/mol. The number of carbonyl (C=O) groups excluding carboxylic acids is 1. The van der Waals surface area contributed by atoms with Crippen LogP contribution in [-0.2, 0) is 12.6 Å². The first kappa shape index (κ1) is 9.80. The summed E-state index contributed by atoms with van der Waals surface area (Å²) in [5.41, 5.74) is 1.81. The number of rotatable bonds is 2. The SMILES string of the molecule is CN(C)c1ccc(NC(=O)[S-])cc1. The fourth-order valence-electron chi connectivity index (χ4n) is 0.961. The Morgan fingerprint density at radius 3 is 2.23 bits per heavy atom. The van der Waals surface area contributed by atoms with Crippen LogP contribution in [0.15, 0.2) is 24.3 Å². The van der Waals surface area contributed by atoms with Crippen LogP contribution in [0.4, 0.5) is 16.2 Å². The lowest BCUT2D eigenvalue weighted by molar-refractivity contribution is 0.270. The highest BCUT2D eigenvalue weighted by molar-refractivity contribution is 7.77. The zero-order chi connectivity index (χ0) is 9.84. The van der Waals surface area contributed by atoms with E-state index in [-0.39, 0.29) is 0 Å². The molecule has 0 aliphatic carbocycles. The monoisotopic (exact) mass is 195 g/mol. The van der Waals surface area contributed by atoms with E-state index < -0.39 is 5.24 Å². The lowest BCUT2D eigenvalue weighted by Crippen LogP contribution is -2.09. The first-order valence-corrected chi connectivity index (χ1v) is 4.26. The molecule has 0 heterocycles. The molecule has 0 aromatic heterocycles. The summed E-state index contributed by atoms with van der Waals surface area (Å²) in [7, 11) is 3.92. The molecule has 0 bridgehead atoms. The van der Waals surface area contributed by atoms with Crippen LogP contribution in [0.25, 0.3) is 0 Å². The van der Waals surface area contributed by atoms with Crippen LogP contribution in [0.1, 0.15) is 0 Å². The van der Waals surface area contributed by atoms with Crippen LogP contribution in [0.5, 0.6) is 0 Å². The van der Waals surface area contributed by atoms with Crippen molar-refractivity contribution in [3.05, 3.63) is 24.3 Å². The van der Waals surface area contributed by atoms with Gasteiger partial charge in [-0.3, -0.25) is 0 Å². The summed E-state index contributed by atoms with van der Waals surface area (Å²) in [6, 6.07) is 7.47. The minimum atomic E-state index is -0.461. The molecule has 1 N–H and O–H groups in total. The highest BCUT2D eigenvalue weighted by atomic mass is 32.1. The predicted octanol–water partition coefficient (Wildman–Crippen LogP) is 1.83. The maximum Gasteiger partial charge on any atom is 0.102 e. The molecule has 3 nitrogen and oxygen atoms in total. The third kappa shape index (κ3) is 2.91. The summed E-state index contributed by atoms with van der Waals surface area (Å²) in [5, 5.41) is 2.07. The number of hydrogen-bond acceptors (Lipinski definition) is 3. The Bertz CT molecular complexity index is 295. The Balaban J connectivity index is 2.75. The van der Waals surface area contributed by atoms with E-state index in [1.54, 1.807) is 0 Å². The molecular formula is C9H11N2OS-. The van der Waals surface area contributed by atoms with Gasteiger partial charge in [0.05, 0.1) is 0 Å². The minimum Gasteiger partial charge on any atom is -0.719 e. The zero-order valence-corrected chi connectivity index (χ0v) is 8.39. The molecule has 0 atom stereocenters. The standard InChI is InChI=1S/C9H12N2OS/c1-11(2)8-5-3-7(4-6-8)10-9(12)13/h3-6H,1-2H3,(H2,10,12,13)/p-1. The normalized spacial score (nSPS) is 9.38. The Labute approximate surface area is 83.2 Å². The maximum atomic E-state index is 10.5. The van der Waals surface area contributed by atoms with Gasteiger partial charge in [0, 0.05) is 25.5 Å². The fraction of sp³-hybridized carbons (Fsp3) is 0.222. The number of nitrogens with one attached hydrogen (secondary N) is 1. The van der Waals surface area contributed by atoms with Gasteiger partial charge in [0.15, 0.2) is 0 Å². The van der Waals surface area contributed by atoms with Gasteiger partial charge in [-0.15, -0.1) is 0 Å². The zero-order valence-electron chi connectivity index (χ0n) is 7.57. The summed E-state index contributed by atoms with van der Waals surface area (Å²) in [6.07, 6.45) is 0. The quantitative estimate of drug-likeness (QED) is 0.731. The van der Waals surface area contributed by atoms with Crippen LogP contribution in [-0.4, -0.2) is 19.3 Å². The third-order valence-corrected chi connectivity index (χ3v) is 1.73. The van der Waals surface area contributed by atoms with E-state index >= 15 is 0 Å². The molecule has 1 amide bonds. The van der Waals surface area contributed by atoms with Gasteiger partial charge in [-0.05, 0) is 24.3 Å². The molecule has 1 aromatic carbocycles.